The molecular formula is C12H15NO2Se2. The number of nitrogens with zero attached hydrogens (tertiary/aromatic N) is 1. The van der Waals surface area contributed by atoms with Gasteiger partial charge in [0.1, 0.15) is 0 Å². The Morgan fingerprint density at radius 2 is 2.06 bits per heavy atom. The zero-order valence-electron chi connectivity index (χ0n) is 9.88. The first-order valence-electron chi connectivity index (χ1n) is 5.26. The second kappa shape index (κ2) is 7.67. The van der Waals surface area contributed by atoms with Crippen molar-refractivity contribution in [2.75, 3.05) is 18.6 Å². The van der Waals surface area contributed by atoms with E-state index in [-0.39, 0.29) is 20.9 Å². The van der Waals surface area contributed by atoms with Crippen LogP contribution in [-0.2, 0) is 9.53 Å². The number of carbonyl (C=O) groups excluding carboxylic acids is 1. The molecule has 0 radical (unpaired) electrons. The number of rotatable bonds is 6. The van der Waals surface area contributed by atoms with Gasteiger partial charge in [0.15, 0.2) is 0 Å². The molecular weight excluding hydrogens is 348 g/mol. The number of carbonyl (C=O) groups is 1. The van der Waals surface area contributed by atoms with Gasteiger partial charge >= 0.3 is 116 Å². The monoisotopic (exact) mass is 365 g/mol. The molecule has 0 aliphatic rings. The Morgan fingerprint density at radius 1 is 1.41 bits per heavy atom. The van der Waals surface area contributed by atoms with Crippen LogP contribution in [0.5, 0.6) is 0 Å². The van der Waals surface area contributed by atoms with Crippen LogP contribution in [0.25, 0.3) is 0 Å². The molecule has 1 rings (SSSR count). The van der Waals surface area contributed by atoms with Gasteiger partial charge in [0.2, 0.25) is 0 Å². The Kier molecular flexibility index (Phi) is 6.53. The van der Waals surface area contributed by atoms with Gasteiger partial charge in [-0.05, 0) is 0 Å². The normalized spacial score (nSPS) is 9.76. The average Bonchev–Trinajstić information content (AvgIpc) is 2.36. The Bertz CT molecular complexity index is 381. The first-order valence-corrected chi connectivity index (χ1v) is 8.18. The van der Waals surface area contributed by atoms with Crippen LogP contribution in [0.4, 0.5) is 5.69 Å². The van der Waals surface area contributed by atoms with Crippen molar-refractivity contribution in [3.8, 4) is 0 Å². The maximum atomic E-state index is 11.3. The van der Waals surface area contributed by atoms with Gasteiger partial charge in [-0.25, -0.2) is 0 Å². The molecule has 17 heavy (non-hydrogen) atoms. The first kappa shape index (κ1) is 14.5. The molecule has 92 valence electrons. The zero-order chi connectivity index (χ0) is 12.7. The minimum absolute atomic E-state index is 0.0941. The summed E-state index contributed by atoms with van der Waals surface area (Å²) in [6.07, 6.45) is 0. The third-order valence-corrected chi connectivity index (χ3v) is 5.79. The van der Waals surface area contributed by atoms with Gasteiger partial charge in [-0.3, -0.25) is 0 Å². The van der Waals surface area contributed by atoms with E-state index in [1.165, 1.54) is 0 Å². The average molecular weight is 363 g/mol. The van der Waals surface area contributed by atoms with Gasteiger partial charge in [-0.2, -0.15) is 0 Å². The predicted molar refractivity (Wildman–Crippen MR) is 72.8 cm³/mol. The zero-order valence-corrected chi connectivity index (χ0v) is 13.3. The van der Waals surface area contributed by atoms with Gasteiger partial charge in [0.05, 0.1) is 0 Å². The maximum absolute atomic E-state index is 11.3. The number of hydrogen-bond donors (Lipinski definition) is 0. The number of benzene rings is 1. The van der Waals surface area contributed by atoms with Crippen molar-refractivity contribution < 1.29 is 9.53 Å². The minimum atomic E-state index is -0.123. The van der Waals surface area contributed by atoms with Gasteiger partial charge in [0, 0.05) is 0 Å². The van der Waals surface area contributed by atoms with E-state index in [1.807, 2.05) is 44.3 Å². The summed E-state index contributed by atoms with van der Waals surface area (Å²) in [5.41, 5.74) is 1.12. The summed E-state index contributed by atoms with van der Waals surface area (Å²) in [6, 6.07) is 10.1. The van der Waals surface area contributed by atoms with Gasteiger partial charge in [0.25, 0.3) is 0 Å². The molecule has 1 aromatic carbocycles. The van der Waals surface area contributed by atoms with Crippen LogP contribution in [0.15, 0.2) is 30.3 Å². The second-order valence-electron chi connectivity index (χ2n) is 3.25. The van der Waals surface area contributed by atoms with Crippen LogP contribution in [-0.4, -0.2) is 53.6 Å². The molecule has 0 N–H and O–H groups in total. The van der Waals surface area contributed by atoms with E-state index in [0.717, 1.165) is 9.13 Å². The molecule has 1 aromatic rings. The Balaban J connectivity index is 2.45. The summed E-state index contributed by atoms with van der Waals surface area (Å²) >= 11 is 3.13. The van der Waals surface area contributed by atoms with Crippen LogP contribution >= 0.6 is 0 Å². The predicted octanol–water partition coefficient (Wildman–Crippen LogP) is 1.06. The standard InChI is InChI=1S/C12H15NO2Se2/c1-3-15-11(14)9-17-12(16)13(2)10-7-5-4-6-8-10/h4-8H,3,9H2,1-2H3. The van der Waals surface area contributed by atoms with E-state index < -0.39 is 0 Å². The van der Waals surface area contributed by atoms with E-state index >= 15 is 0 Å². The third kappa shape index (κ3) is 5.05. The SMILES string of the molecule is CCOC(=O)C[Se]C(=[Se])N(C)c1ccccc1. The summed E-state index contributed by atoms with van der Waals surface area (Å²) in [5, 5.41) is 0.473. The van der Waals surface area contributed by atoms with Crippen LogP contribution in [0.2, 0.25) is 5.32 Å². The van der Waals surface area contributed by atoms with Crippen LogP contribution in [0.1, 0.15) is 6.92 Å². The van der Waals surface area contributed by atoms with Gasteiger partial charge in [-0.15, -0.1) is 0 Å². The molecule has 0 aliphatic carbocycles. The van der Waals surface area contributed by atoms with Crippen LogP contribution in [0.3, 0.4) is 0 Å². The molecule has 0 heterocycles. The third-order valence-electron chi connectivity index (χ3n) is 2.04. The van der Waals surface area contributed by atoms with Crippen molar-refractivity contribution in [1.82, 2.24) is 0 Å². The van der Waals surface area contributed by atoms with Crippen molar-refractivity contribution in [1.29, 1.82) is 0 Å². The summed E-state index contributed by atoms with van der Waals surface area (Å²) in [5.74, 6) is -0.123. The molecule has 0 aromatic heterocycles. The first-order chi connectivity index (χ1) is 8.15. The summed E-state index contributed by atoms with van der Waals surface area (Å²) in [7, 11) is 1.99. The Labute approximate surface area is 116 Å². The number of esters is 1. The fourth-order valence-electron chi connectivity index (χ4n) is 1.18. The van der Waals surface area contributed by atoms with Crippen LogP contribution in [0, 0.1) is 0 Å². The van der Waals surface area contributed by atoms with E-state index in [1.54, 1.807) is 0 Å². The molecule has 0 saturated heterocycles. The fraction of sp³-hybridized carbons (Fsp3) is 0.333. The van der Waals surface area contributed by atoms with Crippen molar-refractivity contribution in [2.24, 2.45) is 0 Å². The molecule has 0 aliphatic heterocycles. The van der Waals surface area contributed by atoms with Crippen molar-refractivity contribution in [2.45, 2.75) is 12.2 Å². The number of para-hydroxylation sites is 1. The van der Waals surface area contributed by atoms with Crippen molar-refractivity contribution in [3.63, 3.8) is 0 Å². The molecule has 0 spiro atoms. The Hall–Kier alpha value is -0.601. The second-order valence-corrected chi connectivity index (χ2v) is 7.40. The molecule has 0 bridgehead atoms. The van der Waals surface area contributed by atoms with Crippen LogP contribution < -0.4 is 4.90 Å². The van der Waals surface area contributed by atoms with Gasteiger partial charge < -0.3 is 0 Å². The summed E-state index contributed by atoms with van der Waals surface area (Å²) < 4.78 is 6.00. The quantitative estimate of drug-likeness (QED) is 0.560. The van der Waals surface area contributed by atoms with Gasteiger partial charge in [-0.1, -0.05) is 0 Å². The summed E-state index contributed by atoms with van der Waals surface area (Å²) in [4.78, 5) is 13.3. The number of anilines is 1. The molecule has 0 amide bonds. The Morgan fingerprint density at radius 3 is 2.65 bits per heavy atom. The number of ether oxygens (including phenoxy) is 1. The van der Waals surface area contributed by atoms with E-state index in [0.29, 0.717) is 11.9 Å². The molecule has 0 saturated carbocycles. The molecule has 0 atom stereocenters. The molecule has 0 unspecified atom stereocenters. The number of hydrogen-bond acceptors (Lipinski definition) is 3. The van der Waals surface area contributed by atoms with Crippen molar-refractivity contribution >= 4 is 45.6 Å². The van der Waals surface area contributed by atoms with Crippen molar-refractivity contribution in [3.05, 3.63) is 30.3 Å². The molecule has 3 nitrogen and oxygen atoms in total. The molecule has 0 fully saturated rings. The molecule has 5 heteroatoms. The fourth-order valence-corrected chi connectivity index (χ4v) is 3.35. The van der Waals surface area contributed by atoms with E-state index in [9.17, 15) is 4.79 Å². The topological polar surface area (TPSA) is 29.5 Å². The summed E-state index contributed by atoms with van der Waals surface area (Å²) in [6.45, 7) is 2.27. The van der Waals surface area contributed by atoms with E-state index in [4.69, 9.17) is 4.74 Å². The van der Waals surface area contributed by atoms with E-state index in [2.05, 4.69) is 20.5 Å².